The SMILES string of the molecule is Cc1ncccc1NS(=O)(=O)c1cc(F)c(Cl)c(CO)c1. The van der Waals surface area contributed by atoms with Crippen LogP contribution in [0.2, 0.25) is 5.02 Å². The van der Waals surface area contributed by atoms with E-state index in [1.165, 1.54) is 6.20 Å². The fourth-order valence-corrected chi connectivity index (χ4v) is 3.03. The van der Waals surface area contributed by atoms with Crippen molar-refractivity contribution in [2.24, 2.45) is 0 Å². The zero-order chi connectivity index (χ0) is 15.6. The third-order valence-corrected chi connectivity index (χ3v) is 4.58. The summed E-state index contributed by atoms with van der Waals surface area (Å²) < 4.78 is 40.5. The number of hydrogen-bond donors (Lipinski definition) is 2. The van der Waals surface area contributed by atoms with Gasteiger partial charge in [-0.05, 0) is 31.2 Å². The second-order valence-electron chi connectivity index (χ2n) is 4.28. The van der Waals surface area contributed by atoms with Crippen molar-refractivity contribution in [3.8, 4) is 0 Å². The fourth-order valence-electron chi connectivity index (χ4n) is 1.68. The number of hydrogen-bond acceptors (Lipinski definition) is 4. The number of aromatic nitrogens is 1. The molecule has 0 aliphatic rings. The normalized spacial score (nSPS) is 11.4. The monoisotopic (exact) mass is 330 g/mol. The lowest BCUT2D eigenvalue weighted by Crippen LogP contribution is -2.15. The zero-order valence-electron chi connectivity index (χ0n) is 11.0. The van der Waals surface area contributed by atoms with Crippen molar-refractivity contribution in [3.63, 3.8) is 0 Å². The van der Waals surface area contributed by atoms with Crippen LogP contribution >= 0.6 is 11.6 Å². The molecule has 21 heavy (non-hydrogen) atoms. The van der Waals surface area contributed by atoms with Gasteiger partial charge in [-0.25, -0.2) is 12.8 Å². The summed E-state index contributed by atoms with van der Waals surface area (Å²) in [5.41, 5.74) is 0.774. The molecule has 0 saturated carbocycles. The van der Waals surface area contributed by atoms with E-state index < -0.39 is 22.4 Å². The van der Waals surface area contributed by atoms with Crippen molar-refractivity contribution in [3.05, 3.63) is 52.6 Å². The summed E-state index contributed by atoms with van der Waals surface area (Å²) in [4.78, 5) is 3.64. The Morgan fingerprint density at radius 2 is 2.14 bits per heavy atom. The van der Waals surface area contributed by atoms with Crippen molar-refractivity contribution in [1.82, 2.24) is 4.98 Å². The van der Waals surface area contributed by atoms with Crippen molar-refractivity contribution in [2.75, 3.05) is 4.72 Å². The molecule has 0 spiro atoms. The smallest absolute Gasteiger partial charge is 0.262 e. The van der Waals surface area contributed by atoms with Gasteiger partial charge >= 0.3 is 0 Å². The maximum Gasteiger partial charge on any atom is 0.262 e. The lowest BCUT2D eigenvalue weighted by molar-refractivity contribution is 0.281. The number of rotatable bonds is 4. The Kier molecular flexibility index (Phi) is 4.46. The average molecular weight is 331 g/mol. The Labute approximate surface area is 126 Å². The van der Waals surface area contributed by atoms with E-state index >= 15 is 0 Å². The number of aryl methyl sites for hydroxylation is 1. The molecule has 2 aromatic rings. The molecule has 0 aliphatic carbocycles. The molecule has 1 heterocycles. The number of benzene rings is 1. The second kappa shape index (κ2) is 5.97. The lowest BCUT2D eigenvalue weighted by Gasteiger charge is -2.11. The molecule has 1 aromatic heterocycles. The van der Waals surface area contributed by atoms with Crippen LogP contribution in [0.4, 0.5) is 10.1 Å². The topological polar surface area (TPSA) is 79.3 Å². The minimum atomic E-state index is -4.01. The Balaban J connectivity index is 2.45. The van der Waals surface area contributed by atoms with Crippen LogP contribution in [0.25, 0.3) is 0 Å². The predicted molar refractivity (Wildman–Crippen MR) is 77.1 cm³/mol. The van der Waals surface area contributed by atoms with Crippen LogP contribution in [0, 0.1) is 12.7 Å². The van der Waals surface area contributed by atoms with E-state index in [1.54, 1.807) is 19.1 Å². The summed E-state index contributed by atoms with van der Waals surface area (Å²) >= 11 is 5.64. The van der Waals surface area contributed by atoms with Crippen LogP contribution in [0.3, 0.4) is 0 Å². The molecule has 1 aromatic carbocycles. The molecule has 0 unspecified atom stereocenters. The van der Waals surface area contributed by atoms with Gasteiger partial charge < -0.3 is 5.11 Å². The highest BCUT2D eigenvalue weighted by atomic mass is 35.5. The van der Waals surface area contributed by atoms with Crippen molar-refractivity contribution in [2.45, 2.75) is 18.4 Å². The van der Waals surface area contributed by atoms with Gasteiger partial charge in [-0.1, -0.05) is 11.6 Å². The molecule has 0 saturated heterocycles. The number of halogens is 2. The average Bonchev–Trinajstić information content (AvgIpc) is 2.44. The van der Waals surface area contributed by atoms with Crippen molar-refractivity contribution < 1.29 is 17.9 Å². The quantitative estimate of drug-likeness (QED) is 0.902. The van der Waals surface area contributed by atoms with Gasteiger partial charge in [0.25, 0.3) is 10.0 Å². The molecule has 112 valence electrons. The third-order valence-electron chi connectivity index (χ3n) is 2.81. The van der Waals surface area contributed by atoms with E-state index in [2.05, 4.69) is 9.71 Å². The predicted octanol–water partition coefficient (Wildman–Crippen LogP) is 2.48. The van der Waals surface area contributed by atoms with Crippen LogP contribution in [0.15, 0.2) is 35.4 Å². The van der Waals surface area contributed by atoms with Gasteiger partial charge in [0.1, 0.15) is 5.82 Å². The van der Waals surface area contributed by atoms with Gasteiger partial charge in [-0.3, -0.25) is 9.71 Å². The molecule has 0 amide bonds. The molecule has 5 nitrogen and oxygen atoms in total. The van der Waals surface area contributed by atoms with E-state index in [-0.39, 0.29) is 15.5 Å². The number of aliphatic hydroxyl groups is 1. The highest BCUT2D eigenvalue weighted by molar-refractivity contribution is 7.92. The molecule has 2 N–H and O–H groups in total. The summed E-state index contributed by atoms with van der Waals surface area (Å²) in [6.45, 7) is 1.07. The highest BCUT2D eigenvalue weighted by Crippen LogP contribution is 2.26. The Hall–Kier alpha value is -1.70. The summed E-state index contributed by atoms with van der Waals surface area (Å²) in [5.74, 6) is -0.911. The highest BCUT2D eigenvalue weighted by Gasteiger charge is 2.19. The zero-order valence-corrected chi connectivity index (χ0v) is 12.5. The van der Waals surface area contributed by atoms with E-state index in [0.29, 0.717) is 11.4 Å². The summed E-state index contributed by atoms with van der Waals surface area (Å²) in [6.07, 6.45) is 1.53. The number of nitrogens with one attached hydrogen (secondary N) is 1. The lowest BCUT2D eigenvalue weighted by atomic mass is 10.2. The second-order valence-corrected chi connectivity index (χ2v) is 6.34. The Morgan fingerprint density at radius 1 is 1.43 bits per heavy atom. The first-order valence-electron chi connectivity index (χ1n) is 5.88. The van der Waals surface area contributed by atoms with E-state index in [9.17, 15) is 12.8 Å². The molecular weight excluding hydrogens is 319 g/mol. The molecule has 0 fully saturated rings. The number of pyridine rings is 1. The van der Waals surface area contributed by atoms with Crippen LogP contribution < -0.4 is 4.72 Å². The minimum absolute atomic E-state index is 0.0000460. The van der Waals surface area contributed by atoms with Gasteiger partial charge in [-0.15, -0.1) is 0 Å². The van der Waals surface area contributed by atoms with Gasteiger partial charge in [0, 0.05) is 11.8 Å². The molecule has 8 heteroatoms. The van der Waals surface area contributed by atoms with Crippen molar-refractivity contribution >= 4 is 27.3 Å². The van der Waals surface area contributed by atoms with Crippen molar-refractivity contribution in [1.29, 1.82) is 0 Å². The number of nitrogens with zero attached hydrogens (tertiary/aromatic N) is 1. The molecular formula is C13H12ClFN2O3S. The van der Waals surface area contributed by atoms with Gasteiger partial charge in [-0.2, -0.15) is 0 Å². The van der Waals surface area contributed by atoms with Gasteiger partial charge in [0.05, 0.1) is 27.9 Å². The van der Waals surface area contributed by atoms with E-state index in [1.807, 2.05) is 0 Å². The summed E-state index contributed by atoms with van der Waals surface area (Å²) in [5, 5.41) is 8.79. The van der Waals surface area contributed by atoms with Crippen LogP contribution in [0.1, 0.15) is 11.3 Å². The van der Waals surface area contributed by atoms with Crippen LogP contribution in [-0.4, -0.2) is 18.5 Å². The van der Waals surface area contributed by atoms with Crippen LogP contribution in [-0.2, 0) is 16.6 Å². The fraction of sp³-hybridized carbons (Fsp3) is 0.154. The molecule has 0 aliphatic heterocycles. The van der Waals surface area contributed by atoms with Crippen LogP contribution in [0.5, 0.6) is 0 Å². The van der Waals surface area contributed by atoms with Gasteiger partial charge in [0.15, 0.2) is 0 Å². The van der Waals surface area contributed by atoms with E-state index in [0.717, 1.165) is 12.1 Å². The first-order valence-corrected chi connectivity index (χ1v) is 7.74. The standard InChI is InChI=1S/C13H12ClFN2O3S/c1-8-12(3-2-4-16-8)17-21(19,20)10-5-9(7-18)13(14)11(15)6-10/h2-6,17-18H,7H2,1H3. The molecule has 0 radical (unpaired) electrons. The number of anilines is 1. The Bertz CT molecular complexity index is 781. The minimum Gasteiger partial charge on any atom is -0.392 e. The number of aliphatic hydroxyl groups excluding tert-OH is 1. The molecule has 0 bridgehead atoms. The molecule has 0 atom stereocenters. The Morgan fingerprint density at radius 3 is 2.76 bits per heavy atom. The first-order chi connectivity index (χ1) is 9.85. The first kappa shape index (κ1) is 15.7. The summed E-state index contributed by atoms with van der Waals surface area (Å²) in [6, 6.07) is 5.04. The largest absolute Gasteiger partial charge is 0.392 e. The third kappa shape index (κ3) is 3.31. The number of sulfonamides is 1. The van der Waals surface area contributed by atoms with E-state index in [4.69, 9.17) is 16.7 Å². The maximum atomic E-state index is 13.6. The van der Waals surface area contributed by atoms with Gasteiger partial charge in [0.2, 0.25) is 0 Å². The summed E-state index contributed by atoms with van der Waals surface area (Å²) in [7, 11) is -4.01. The maximum absolute atomic E-state index is 13.6. The molecule has 2 rings (SSSR count).